The lowest BCUT2D eigenvalue weighted by Gasteiger charge is -2.29. The number of hydrogen-bond donors (Lipinski definition) is 1. The van der Waals surface area contributed by atoms with Crippen LogP contribution in [0.1, 0.15) is 11.1 Å². The maximum absolute atomic E-state index is 6.56. The van der Waals surface area contributed by atoms with E-state index in [2.05, 4.69) is 32.2 Å². The third kappa shape index (κ3) is 6.07. The molecular weight excluding hydrogens is 527 g/mol. The van der Waals surface area contributed by atoms with Gasteiger partial charge in [0.2, 0.25) is 0 Å². The van der Waals surface area contributed by atoms with Crippen LogP contribution in [0.2, 0.25) is 10.0 Å². The highest BCUT2D eigenvalue weighted by molar-refractivity contribution is 9.10. The van der Waals surface area contributed by atoms with Gasteiger partial charge < -0.3 is 24.4 Å². The number of halogens is 3. The van der Waals surface area contributed by atoms with Crippen molar-refractivity contribution < 1.29 is 14.2 Å². The fourth-order valence-corrected chi connectivity index (χ4v) is 4.76. The van der Waals surface area contributed by atoms with Gasteiger partial charge in [0.05, 0.1) is 35.5 Å². The first kappa shape index (κ1) is 24.0. The Hall–Kier alpha value is -2.12. The molecular formula is C25H25BrCl2N2O3. The number of ether oxygens (including phenoxy) is 3. The molecule has 0 aliphatic carbocycles. The smallest absolute Gasteiger partial charge is 0.175 e. The Bertz CT molecular complexity index is 1110. The first-order valence-electron chi connectivity index (χ1n) is 10.6. The van der Waals surface area contributed by atoms with Gasteiger partial charge in [0.15, 0.2) is 11.5 Å². The van der Waals surface area contributed by atoms with Crippen LogP contribution in [-0.2, 0) is 17.9 Å². The molecule has 1 saturated heterocycles. The molecule has 0 radical (unpaired) electrons. The molecule has 3 aromatic carbocycles. The van der Waals surface area contributed by atoms with Crippen molar-refractivity contribution in [3.63, 3.8) is 0 Å². The van der Waals surface area contributed by atoms with Crippen LogP contribution >= 0.6 is 39.1 Å². The normalized spacial score (nSPS) is 13.6. The second-order valence-electron chi connectivity index (χ2n) is 7.61. The monoisotopic (exact) mass is 550 g/mol. The molecule has 33 heavy (non-hydrogen) atoms. The van der Waals surface area contributed by atoms with Crippen LogP contribution in [0.4, 0.5) is 11.4 Å². The molecule has 0 saturated carbocycles. The number of hydrogen-bond acceptors (Lipinski definition) is 5. The highest BCUT2D eigenvalue weighted by Crippen LogP contribution is 2.38. The summed E-state index contributed by atoms with van der Waals surface area (Å²) in [6.45, 7) is 4.11. The lowest BCUT2D eigenvalue weighted by Crippen LogP contribution is -2.36. The van der Waals surface area contributed by atoms with E-state index in [-0.39, 0.29) is 0 Å². The summed E-state index contributed by atoms with van der Waals surface area (Å²) in [7, 11) is 1.63. The number of anilines is 2. The van der Waals surface area contributed by atoms with E-state index in [1.165, 1.54) is 0 Å². The third-order valence-electron chi connectivity index (χ3n) is 5.42. The zero-order chi connectivity index (χ0) is 23.2. The number of rotatable bonds is 8. The quantitative estimate of drug-likeness (QED) is 0.334. The zero-order valence-electron chi connectivity index (χ0n) is 18.2. The molecule has 8 heteroatoms. The van der Waals surface area contributed by atoms with E-state index >= 15 is 0 Å². The number of benzene rings is 3. The Morgan fingerprint density at radius 1 is 1.03 bits per heavy atom. The molecule has 0 unspecified atom stereocenters. The minimum atomic E-state index is 0.347. The minimum absolute atomic E-state index is 0.347. The van der Waals surface area contributed by atoms with Gasteiger partial charge in [-0.1, -0.05) is 41.4 Å². The van der Waals surface area contributed by atoms with Gasteiger partial charge in [-0.15, -0.1) is 0 Å². The standard InChI is InChI=1S/C25H25BrCl2N2O3/c1-31-24-13-17(12-20(26)25(24)33-16-18-4-2-3-5-21(18)27)15-29-19-6-7-23(22(28)14-19)30-8-10-32-11-9-30/h2-7,12-14,29H,8-11,15-16H2,1H3. The fraction of sp³-hybridized carbons (Fsp3) is 0.280. The average Bonchev–Trinajstić information content (AvgIpc) is 2.83. The molecule has 1 N–H and O–H groups in total. The molecule has 1 fully saturated rings. The van der Waals surface area contributed by atoms with Gasteiger partial charge >= 0.3 is 0 Å². The topological polar surface area (TPSA) is 43.0 Å². The van der Waals surface area contributed by atoms with Crippen molar-refractivity contribution in [3.05, 3.63) is 80.2 Å². The fourth-order valence-electron chi connectivity index (χ4n) is 3.66. The number of nitrogens with zero attached hydrogens (tertiary/aromatic N) is 1. The predicted molar refractivity (Wildman–Crippen MR) is 138 cm³/mol. The molecule has 4 rings (SSSR count). The van der Waals surface area contributed by atoms with E-state index in [1.807, 2.05) is 48.5 Å². The van der Waals surface area contributed by atoms with E-state index in [1.54, 1.807) is 7.11 Å². The van der Waals surface area contributed by atoms with Gasteiger partial charge in [-0.3, -0.25) is 0 Å². The molecule has 1 aliphatic heterocycles. The molecule has 174 valence electrons. The van der Waals surface area contributed by atoms with Gasteiger partial charge in [-0.05, 0) is 57.9 Å². The van der Waals surface area contributed by atoms with Crippen LogP contribution in [0.3, 0.4) is 0 Å². The van der Waals surface area contributed by atoms with Crippen molar-refractivity contribution in [2.75, 3.05) is 43.6 Å². The summed E-state index contributed by atoms with van der Waals surface area (Å²) in [5.74, 6) is 1.29. The van der Waals surface area contributed by atoms with Crippen molar-refractivity contribution in [3.8, 4) is 11.5 Å². The highest BCUT2D eigenvalue weighted by atomic mass is 79.9. The van der Waals surface area contributed by atoms with E-state index in [4.69, 9.17) is 37.4 Å². The number of nitrogens with one attached hydrogen (secondary N) is 1. The molecule has 1 aliphatic rings. The minimum Gasteiger partial charge on any atom is -0.493 e. The Morgan fingerprint density at radius 2 is 1.82 bits per heavy atom. The van der Waals surface area contributed by atoms with Crippen molar-refractivity contribution in [2.45, 2.75) is 13.2 Å². The highest BCUT2D eigenvalue weighted by Gasteiger charge is 2.15. The summed E-state index contributed by atoms with van der Waals surface area (Å²) in [5, 5.41) is 4.83. The lowest BCUT2D eigenvalue weighted by molar-refractivity contribution is 0.122. The van der Waals surface area contributed by atoms with Gasteiger partial charge in [0.1, 0.15) is 6.61 Å². The molecule has 0 atom stereocenters. The van der Waals surface area contributed by atoms with Crippen LogP contribution in [0.15, 0.2) is 59.1 Å². The van der Waals surface area contributed by atoms with E-state index < -0.39 is 0 Å². The zero-order valence-corrected chi connectivity index (χ0v) is 21.3. The van der Waals surface area contributed by atoms with Gasteiger partial charge in [-0.25, -0.2) is 0 Å². The van der Waals surface area contributed by atoms with Crippen LogP contribution in [0, 0.1) is 0 Å². The Kier molecular flexibility index (Phi) is 8.25. The van der Waals surface area contributed by atoms with Gasteiger partial charge in [-0.2, -0.15) is 0 Å². The summed E-state index contributed by atoms with van der Waals surface area (Å²) in [5.41, 5.74) is 3.94. The van der Waals surface area contributed by atoms with Crippen molar-refractivity contribution in [1.82, 2.24) is 0 Å². The third-order valence-corrected chi connectivity index (χ3v) is 6.68. The maximum atomic E-state index is 6.56. The molecule has 3 aromatic rings. The summed E-state index contributed by atoms with van der Waals surface area (Å²) >= 11 is 16.4. The van der Waals surface area contributed by atoms with E-state index in [0.717, 1.165) is 58.3 Å². The summed E-state index contributed by atoms with van der Waals surface area (Å²) in [6.07, 6.45) is 0. The molecule has 0 aromatic heterocycles. The predicted octanol–water partition coefficient (Wildman–Crippen LogP) is 6.79. The van der Waals surface area contributed by atoms with Gasteiger partial charge in [0.25, 0.3) is 0 Å². The summed E-state index contributed by atoms with van der Waals surface area (Å²) in [4.78, 5) is 2.25. The first-order valence-corrected chi connectivity index (χ1v) is 12.2. The maximum Gasteiger partial charge on any atom is 0.175 e. The Balaban J connectivity index is 1.42. The molecule has 1 heterocycles. The SMILES string of the molecule is COc1cc(CNc2ccc(N3CCOCC3)c(Cl)c2)cc(Br)c1OCc1ccccc1Cl. The van der Waals surface area contributed by atoms with Crippen LogP contribution in [0.5, 0.6) is 11.5 Å². The summed E-state index contributed by atoms with van der Waals surface area (Å²) < 4.78 is 17.8. The van der Waals surface area contributed by atoms with Crippen molar-refractivity contribution in [1.29, 1.82) is 0 Å². The Labute approximate surface area is 212 Å². The van der Waals surface area contributed by atoms with Crippen LogP contribution in [0.25, 0.3) is 0 Å². The van der Waals surface area contributed by atoms with Crippen LogP contribution in [-0.4, -0.2) is 33.4 Å². The second-order valence-corrected chi connectivity index (χ2v) is 9.28. The number of morpholine rings is 1. The lowest BCUT2D eigenvalue weighted by atomic mass is 10.2. The Morgan fingerprint density at radius 3 is 2.55 bits per heavy atom. The largest absolute Gasteiger partial charge is 0.493 e. The van der Waals surface area contributed by atoms with E-state index in [0.29, 0.717) is 29.7 Å². The second kappa shape index (κ2) is 11.3. The first-order chi connectivity index (χ1) is 16.0. The average molecular weight is 552 g/mol. The molecule has 0 spiro atoms. The van der Waals surface area contributed by atoms with Gasteiger partial charge in [0, 0.05) is 35.9 Å². The molecule has 0 amide bonds. The van der Waals surface area contributed by atoms with Crippen molar-refractivity contribution >= 4 is 50.5 Å². The van der Waals surface area contributed by atoms with E-state index in [9.17, 15) is 0 Å². The number of methoxy groups -OCH3 is 1. The molecule has 0 bridgehead atoms. The van der Waals surface area contributed by atoms with Crippen LogP contribution < -0.4 is 19.7 Å². The van der Waals surface area contributed by atoms with Crippen molar-refractivity contribution in [2.24, 2.45) is 0 Å². The molecule has 5 nitrogen and oxygen atoms in total. The summed E-state index contributed by atoms with van der Waals surface area (Å²) in [6, 6.07) is 17.7.